The largest absolute Gasteiger partial charge is 0.462 e. The number of carbonyl (C=O) groups is 1. The molecular weight excluding hydrogens is 504 g/mol. The average Bonchev–Trinajstić information content (AvgIpc) is 3.68. The van der Waals surface area contributed by atoms with Crippen molar-refractivity contribution in [3.63, 3.8) is 0 Å². The second kappa shape index (κ2) is 10.7. The maximum atomic E-state index is 13.8. The van der Waals surface area contributed by atoms with Gasteiger partial charge < -0.3 is 14.0 Å². The zero-order valence-electron chi connectivity index (χ0n) is 22.0. The Balaban J connectivity index is 1.35. The third-order valence-corrected chi connectivity index (χ3v) is 8.21. The van der Waals surface area contributed by atoms with Crippen LogP contribution >= 0.6 is 0 Å². The van der Waals surface area contributed by atoms with E-state index >= 15 is 0 Å². The Morgan fingerprint density at radius 2 is 1.85 bits per heavy atom. The van der Waals surface area contributed by atoms with Gasteiger partial charge in [0, 0.05) is 62.5 Å². The van der Waals surface area contributed by atoms with Crippen molar-refractivity contribution in [1.29, 1.82) is 0 Å². The number of piperazine rings is 1. The Labute approximate surface area is 225 Å². The van der Waals surface area contributed by atoms with Crippen LogP contribution in [0, 0.1) is 0 Å². The van der Waals surface area contributed by atoms with Crippen molar-refractivity contribution in [1.82, 2.24) is 14.4 Å². The second-order valence-corrected chi connectivity index (χ2v) is 10.8. The fourth-order valence-electron chi connectivity index (χ4n) is 6.28. The zero-order chi connectivity index (χ0) is 27.1. The van der Waals surface area contributed by atoms with Crippen molar-refractivity contribution in [2.24, 2.45) is 0 Å². The van der Waals surface area contributed by atoms with E-state index in [1.165, 1.54) is 11.8 Å². The molecule has 9 heteroatoms. The van der Waals surface area contributed by atoms with E-state index in [-0.39, 0.29) is 35.3 Å². The highest BCUT2D eigenvalue weighted by Crippen LogP contribution is 2.44. The summed E-state index contributed by atoms with van der Waals surface area (Å²) >= 11 is 0. The molecule has 0 spiro atoms. The number of hydrogen-bond acceptors (Lipinski definition) is 6. The van der Waals surface area contributed by atoms with Gasteiger partial charge in [-0.05, 0) is 37.8 Å². The third kappa shape index (κ3) is 5.17. The molecule has 2 aromatic carbocycles. The van der Waals surface area contributed by atoms with Crippen molar-refractivity contribution in [2.45, 2.75) is 57.3 Å². The fraction of sp³-hybridized carbons (Fsp3) is 0.467. The molecule has 2 aliphatic heterocycles. The SMILES string of the molecule is CCOC(=O)c1cn(C2CC2)c2c(OC(F)F)c(C3CC4CN(Cc5ccccc5)CCN4C3)ccc2c1=O. The van der Waals surface area contributed by atoms with Crippen molar-refractivity contribution < 1.29 is 23.0 Å². The Morgan fingerprint density at radius 1 is 1.05 bits per heavy atom. The first-order valence-electron chi connectivity index (χ1n) is 13.8. The Morgan fingerprint density at radius 3 is 2.56 bits per heavy atom. The highest BCUT2D eigenvalue weighted by Gasteiger charge is 2.39. The molecule has 7 nitrogen and oxygen atoms in total. The number of halogens is 2. The molecule has 39 heavy (non-hydrogen) atoms. The number of nitrogens with zero attached hydrogens (tertiary/aromatic N) is 3. The lowest BCUT2D eigenvalue weighted by Crippen LogP contribution is -2.49. The minimum absolute atomic E-state index is 0.00249. The van der Waals surface area contributed by atoms with Crippen molar-refractivity contribution in [2.75, 3.05) is 32.8 Å². The molecule has 3 aromatic rings. The molecule has 0 radical (unpaired) electrons. The summed E-state index contributed by atoms with van der Waals surface area (Å²) in [6.07, 6.45) is 3.98. The zero-order valence-corrected chi connectivity index (χ0v) is 22.0. The summed E-state index contributed by atoms with van der Waals surface area (Å²) in [4.78, 5) is 30.8. The monoisotopic (exact) mass is 537 g/mol. The number of rotatable bonds is 8. The van der Waals surface area contributed by atoms with E-state index < -0.39 is 18.0 Å². The molecule has 206 valence electrons. The van der Waals surface area contributed by atoms with Crippen LogP contribution in [0.25, 0.3) is 10.9 Å². The number of esters is 1. The molecule has 1 aliphatic carbocycles. The summed E-state index contributed by atoms with van der Waals surface area (Å²) in [6, 6.07) is 14.2. The van der Waals surface area contributed by atoms with Gasteiger partial charge >= 0.3 is 12.6 Å². The van der Waals surface area contributed by atoms with Crippen LogP contribution in [0.4, 0.5) is 8.78 Å². The lowest BCUT2D eigenvalue weighted by molar-refractivity contribution is -0.0498. The van der Waals surface area contributed by atoms with Gasteiger partial charge in [0.05, 0.1) is 17.5 Å². The van der Waals surface area contributed by atoms with Gasteiger partial charge in [0.2, 0.25) is 5.43 Å². The van der Waals surface area contributed by atoms with E-state index in [0.29, 0.717) is 17.1 Å². The lowest BCUT2D eigenvalue weighted by Gasteiger charge is -2.37. The minimum Gasteiger partial charge on any atom is -0.462 e. The van der Waals surface area contributed by atoms with Crippen LogP contribution in [0.15, 0.2) is 53.5 Å². The highest BCUT2D eigenvalue weighted by atomic mass is 19.3. The molecule has 2 unspecified atom stereocenters. The van der Waals surface area contributed by atoms with E-state index in [2.05, 4.69) is 34.1 Å². The Kier molecular flexibility index (Phi) is 7.12. The van der Waals surface area contributed by atoms with Crippen molar-refractivity contribution in [3.8, 4) is 5.75 Å². The number of hydrogen-bond donors (Lipinski definition) is 0. The number of carbonyl (C=O) groups excluding carboxylic acids is 1. The summed E-state index contributed by atoms with van der Waals surface area (Å²) in [6.45, 7) is 3.21. The summed E-state index contributed by atoms with van der Waals surface area (Å²) in [5.41, 5.74) is 1.73. The quantitative estimate of drug-likeness (QED) is 0.385. The van der Waals surface area contributed by atoms with E-state index in [1.807, 2.05) is 6.07 Å². The first-order valence-corrected chi connectivity index (χ1v) is 13.8. The average molecular weight is 538 g/mol. The molecule has 3 heterocycles. The number of ether oxygens (including phenoxy) is 2. The Hall–Kier alpha value is -3.30. The summed E-state index contributed by atoms with van der Waals surface area (Å²) in [5, 5.41) is 0.205. The van der Waals surface area contributed by atoms with E-state index in [0.717, 1.165) is 52.0 Å². The van der Waals surface area contributed by atoms with E-state index in [9.17, 15) is 18.4 Å². The number of pyridine rings is 1. The minimum atomic E-state index is -3.04. The van der Waals surface area contributed by atoms with Gasteiger partial charge in [-0.15, -0.1) is 0 Å². The van der Waals surface area contributed by atoms with Gasteiger partial charge in [-0.3, -0.25) is 14.6 Å². The van der Waals surface area contributed by atoms with Gasteiger partial charge in [-0.2, -0.15) is 8.78 Å². The fourth-order valence-corrected chi connectivity index (χ4v) is 6.28. The van der Waals surface area contributed by atoms with Gasteiger partial charge in [-0.1, -0.05) is 36.4 Å². The summed E-state index contributed by atoms with van der Waals surface area (Å²) < 4.78 is 39.7. The lowest BCUT2D eigenvalue weighted by atomic mass is 9.93. The summed E-state index contributed by atoms with van der Waals surface area (Å²) in [5.74, 6) is -0.642. The predicted octanol–water partition coefficient (Wildman–Crippen LogP) is 4.79. The molecular formula is C30H33F2N3O4. The van der Waals surface area contributed by atoms with Gasteiger partial charge in [0.25, 0.3) is 0 Å². The second-order valence-electron chi connectivity index (χ2n) is 10.8. The first-order chi connectivity index (χ1) is 18.9. The first kappa shape index (κ1) is 26.0. The molecule has 0 amide bonds. The van der Waals surface area contributed by atoms with Gasteiger partial charge in [-0.25, -0.2) is 4.79 Å². The van der Waals surface area contributed by atoms with Crippen molar-refractivity contribution in [3.05, 3.63) is 75.6 Å². The predicted molar refractivity (Wildman–Crippen MR) is 144 cm³/mol. The third-order valence-electron chi connectivity index (χ3n) is 8.21. The number of aromatic nitrogens is 1. The topological polar surface area (TPSA) is 64.0 Å². The normalized spacial score (nSPS) is 21.8. The van der Waals surface area contributed by atoms with Gasteiger partial charge in [0.1, 0.15) is 5.56 Å². The molecule has 1 aromatic heterocycles. The van der Waals surface area contributed by atoms with Crippen LogP contribution in [0.1, 0.15) is 59.6 Å². The van der Waals surface area contributed by atoms with Crippen LogP contribution in [0.5, 0.6) is 5.75 Å². The van der Waals surface area contributed by atoms with Crippen LogP contribution in [0.3, 0.4) is 0 Å². The maximum Gasteiger partial charge on any atom is 0.387 e. The van der Waals surface area contributed by atoms with Gasteiger partial charge in [0.15, 0.2) is 5.75 Å². The molecule has 6 rings (SSSR count). The molecule has 1 saturated carbocycles. The molecule has 2 saturated heterocycles. The van der Waals surface area contributed by atoms with E-state index in [4.69, 9.17) is 9.47 Å². The molecule has 0 bridgehead atoms. The highest BCUT2D eigenvalue weighted by molar-refractivity contribution is 5.96. The molecule has 3 fully saturated rings. The molecule has 3 aliphatic rings. The Bertz CT molecular complexity index is 1420. The molecule has 0 N–H and O–H groups in total. The number of alkyl halides is 2. The maximum absolute atomic E-state index is 13.8. The van der Waals surface area contributed by atoms with Crippen molar-refractivity contribution >= 4 is 16.9 Å². The van der Waals surface area contributed by atoms with E-state index in [1.54, 1.807) is 23.6 Å². The smallest absolute Gasteiger partial charge is 0.387 e. The summed E-state index contributed by atoms with van der Waals surface area (Å²) in [7, 11) is 0. The molecule has 2 atom stereocenters. The van der Waals surface area contributed by atoms with Crippen LogP contribution in [-0.4, -0.2) is 65.8 Å². The number of fused-ring (bicyclic) bond motifs is 2. The van der Waals surface area contributed by atoms with Crippen LogP contribution in [-0.2, 0) is 11.3 Å². The van der Waals surface area contributed by atoms with Crippen LogP contribution < -0.4 is 10.2 Å². The number of benzene rings is 2. The van der Waals surface area contributed by atoms with Crippen LogP contribution in [0.2, 0.25) is 0 Å². The standard InChI is InChI=1S/C30H33F2N3O4/c1-2-38-29(37)25-18-35(21-8-9-21)26-24(27(25)36)11-10-23(28(26)39-30(31)32)20-14-22-17-33(12-13-34(22)16-20)15-19-6-4-3-5-7-19/h3-7,10-11,18,20-22,30H,2,8-9,12-17H2,1H3.